The Kier molecular flexibility index (Phi) is 2.99. The van der Waals surface area contributed by atoms with E-state index in [2.05, 4.69) is 9.05 Å². The van der Waals surface area contributed by atoms with E-state index in [4.69, 9.17) is 10.00 Å². The maximum absolute atomic E-state index is 10.9. The second-order valence-corrected chi connectivity index (χ2v) is 4.54. The lowest BCUT2D eigenvalue weighted by molar-refractivity contribution is -0.170. The summed E-state index contributed by atoms with van der Waals surface area (Å²) in [6.45, 7) is 0.882. The van der Waals surface area contributed by atoms with Gasteiger partial charge in [0.2, 0.25) is 0 Å². The summed E-state index contributed by atoms with van der Waals surface area (Å²) in [5.74, 6) is -1.51. The van der Waals surface area contributed by atoms with Gasteiger partial charge < -0.3 is 15.1 Å². The van der Waals surface area contributed by atoms with E-state index in [1.54, 1.807) is 0 Å². The lowest BCUT2D eigenvalue weighted by Gasteiger charge is -2.33. The highest BCUT2D eigenvalue weighted by Gasteiger charge is 2.46. The molecule has 0 amide bonds. The van der Waals surface area contributed by atoms with Crippen LogP contribution in [0, 0.1) is 0 Å². The summed E-state index contributed by atoms with van der Waals surface area (Å²) < 4.78 is 19.7. The Labute approximate surface area is 79.9 Å². The molecular weight excluding hydrogens is 215 g/mol. The molecule has 1 saturated heterocycles. The molecule has 0 radical (unpaired) electrons. The van der Waals surface area contributed by atoms with E-state index < -0.39 is 25.5 Å². The molecule has 1 aliphatic rings. The molecule has 8 heteroatoms. The summed E-state index contributed by atoms with van der Waals surface area (Å²) in [6.07, 6.45) is -1.20. The number of carboxylic acids is 1. The van der Waals surface area contributed by atoms with Gasteiger partial charge in [0.15, 0.2) is 5.60 Å². The number of phosphoric acid groups is 1. The van der Waals surface area contributed by atoms with Crippen molar-refractivity contribution in [3.63, 3.8) is 0 Å². The topological polar surface area (TPSA) is 113 Å². The minimum Gasteiger partial charge on any atom is -0.479 e. The minimum atomic E-state index is -4.20. The maximum atomic E-state index is 10.9. The Morgan fingerprint density at radius 1 is 1.64 bits per heavy atom. The molecule has 0 bridgehead atoms. The Morgan fingerprint density at radius 3 is 2.64 bits per heavy atom. The van der Waals surface area contributed by atoms with Crippen molar-refractivity contribution >= 4 is 13.8 Å². The van der Waals surface area contributed by atoms with Crippen LogP contribution in [0.15, 0.2) is 0 Å². The van der Waals surface area contributed by atoms with Gasteiger partial charge in [0.25, 0.3) is 0 Å². The van der Waals surface area contributed by atoms with Crippen LogP contribution in [0.3, 0.4) is 0 Å². The van der Waals surface area contributed by atoms with Crippen molar-refractivity contribution in [3.05, 3.63) is 0 Å². The van der Waals surface area contributed by atoms with Gasteiger partial charge in [-0.2, -0.15) is 0 Å². The van der Waals surface area contributed by atoms with Crippen LogP contribution in [0.25, 0.3) is 0 Å². The zero-order valence-electron chi connectivity index (χ0n) is 7.41. The van der Waals surface area contributed by atoms with Crippen molar-refractivity contribution in [2.45, 2.75) is 25.0 Å². The SMILES string of the molecule is CC(O)(C(=O)O)C1CCOP(=O)(O)O1. The van der Waals surface area contributed by atoms with Crippen molar-refractivity contribution in [2.24, 2.45) is 0 Å². The highest BCUT2D eigenvalue weighted by molar-refractivity contribution is 7.47. The van der Waals surface area contributed by atoms with Crippen LogP contribution in [-0.2, 0) is 18.4 Å². The number of aliphatic hydroxyl groups is 1. The molecule has 0 saturated carbocycles. The number of carbonyl (C=O) groups is 1. The van der Waals surface area contributed by atoms with Crippen molar-refractivity contribution in [3.8, 4) is 0 Å². The first-order valence-electron chi connectivity index (χ1n) is 3.87. The average molecular weight is 226 g/mol. The van der Waals surface area contributed by atoms with Gasteiger partial charge in [-0.3, -0.25) is 9.05 Å². The molecule has 1 fully saturated rings. The summed E-state index contributed by atoms with van der Waals surface area (Å²) in [7, 11) is -4.20. The maximum Gasteiger partial charge on any atom is 0.472 e. The number of carboxylic acid groups (broad SMARTS) is 1. The Morgan fingerprint density at radius 2 is 2.21 bits per heavy atom. The third kappa shape index (κ3) is 2.31. The molecular formula is C6H11O7P. The second kappa shape index (κ2) is 3.60. The van der Waals surface area contributed by atoms with Crippen LogP contribution >= 0.6 is 7.82 Å². The summed E-state index contributed by atoms with van der Waals surface area (Å²) in [6, 6.07) is 0. The number of hydrogen-bond donors (Lipinski definition) is 3. The van der Waals surface area contributed by atoms with Crippen molar-refractivity contribution in [2.75, 3.05) is 6.61 Å². The molecule has 0 aromatic heterocycles. The van der Waals surface area contributed by atoms with Crippen molar-refractivity contribution in [1.82, 2.24) is 0 Å². The molecule has 0 aliphatic carbocycles. The fourth-order valence-electron chi connectivity index (χ4n) is 1.04. The van der Waals surface area contributed by atoms with Crippen LogP contribution in [0.1, 0.15) is 13.3 Å². The predicted molar refractivity (Wildman–Crippen MR) is 43.5 cm³/mol. The highest BCUT2D eigenvalue weighted by atomic mass is 31.2. The fraction of sp³-hybridized carbons (Fsp3) is 0.833. The van der Waals surface area contributed by atoms with Gasteiger partial charge >= 0.3 is 13.8 Å². The molecule has 0 aromatic rings. The molecule has 7 nitrogen and oxygen atoms in total. The van der Waals surface area contributed by atoms with Crippen molar-refractivity contribution in [1.29, 1.82) is 0 Å². The average Bonchev–Trinajstić information content (AvgIpc) is 2.02. The molecule has 1 heterocycles. The van der Waals surface area contributed by atoms with Gasteiger partial charge in [0, 0.05) is 6.42 Å². The molecule has 14 heavy (non-hydrogen) atoms. The first-order valence-corrected chi connectivity index (χ1v) is 5.37. The van der Waals surface area contributed by atoms with Crippen LogP contribution < -0.4 is 0 Å². The van der Waals surface area contributed by atoms with Crippen LogP contribution in [0.5, 0.6) is 0 Å². The first kappa shape index (κ1) is 11.6. The summed E-state index contributed by atoms with van der Waals surface area (Å²) in [5.41, 5.74) is -2.19. The molecule has 0 spiro atoms. The number of rotatable bonds is 2. The largest absolute Gasteiger partial charge is 0.479 e. The monoisotopic (exact) mass is 226 g/mol. The van der Waals surface area contributed by atoms with Crippen LogP contribution in [-0.4, -0.2) is 39.4 Å². The lowest BCUT2D eigenvalue weighted by Crippen LogP contribution is -2.49. The second-order valence-electron chi connectivity index (χ2n) is 3.14. The minimum absolute atomic E-state index is 0.0455. The molecule has 3 N–H and O–H groups in total. The zero-order valence-corrected chi connectivity index (χ0v) is 8.31. The normalized spacial score (nSPS) is 37.5. The van der Waals surface area contributed by atoms with Gasteiger partial charge in [0.05, 0.1) is 6.61 Å². The third-order valence-corrected chi connectivity index (χ3v) is 2.98. The van der Waals surface area contributed by atoms with Gasteiger partial charge in [-0.1, -0.05) is 0 Å². The third-order valence-electron chi connectivity index (χ3n) is 1.95. The zero-order chi connectivity index (χ0) is 11.0. The number of aliphatic carboxylic acids is 1. The molecule has 1 aliphatic heterocycles. The van der Waals surface area contributed by atoms with Crippen molar-refractivity contribution < 1.29 is 33.5 Å². The number of hydrogen-bond acceptors (Lipinski definition) is 5. The predicted octanol–water partition coefficient (Wildman–Crippen LogP) is -0.272. The van der Waals surface area contributed by atoms with E-state index in [1.807, 2.05) is 0 Å². The van der Waals surface area contributed by atoms with E-state index in [0.717, 1.165) is 6.92 Å². The van der Waals surface area contributed by atoms with Gasteiger partial charge in [-0.25, -0.2) is 9.36 Å². The summed E-state index contributed by atoms with van der Waals surface area (Å²) in [4.78, 5) is 19.5. The molecule has 3 unspecified atom stereocenters. The summed E-state index contributed by atoms with van der Waals surface area (Å²) in [5, 5.41) is 18.1. The van der Waals surface area contributed by atoms with E-state index in [1.165, 1.54) is 0 Å². The van der Waals surface area contributed by atoms with E-state index in [9.17, 15) is 14.5 Å². The smallest absolute Gasteiger partial charge is 0.472 e. The fourth-order valence-corrected chi connectivity index (χ4v) is 2.07. The Hall–Kier alpha value is -0.460. The number of phosphoric ester groups is 1. The Balaban J connectivity index is 2.79. The standard InChI is InChI=1S/C6H11O7P/c1-6(9,5(7)8)4-2-3-12-14(10,11)13-4/h4,9H,2-3H2,1H3,(H,7,8)(H,10,11). The van der Waals surface area contributed by atoms with E-state index in [-0.39, 0.29) is 13.0 Å². The lowest BCUT2D eigenvalue weighted by atomic mass is 9.97. The highest BCUT2D eigenvalue weighted by Crippen LogP contribution is 2.49. The quantitative estimate of drug-likeness (QED) is 0.555. The van der Waals surface area contributed by atoms with Gasteiger partial charge in [-0.05, 0) is 6.92 Å². The molecule has 82 valence electrons. The van der Waals surface area contributed by atoms with E-state index >= 15 is 0 Å². The molecule has 1 rings (SSSR count). The van der Waals surface area contributed by atoms with E-state index in [0.29, 0.717) is 0 Å². The summed E-state index contributed by atoms with van der Waals surface area (Å²) >= 11 is 0. The van der Waals surface area contributed by atoms with Crippen LogP contribution in [0.2, 0.25) is 0 Å². The van der Waals surface area contributed by atoms with Gasteiger partial charge in [-0.15, -0.1) is 0 Å². The molecule has 0 aromatic carbocycles. The van der Waals surface area contributed by atoms with Gasteiger partial charge in [0.1, 0.15) is 6.10 Å². The molecule has 3 atom stereocenters. The Bertz CT molecular complexity index is 286. The van der Waals surface area contributed by atoms with Crippen LogP contribution in [0.4, 0.5) is 0 Å². The first-order chi connectivity index (χ1) is 6.26.